The number of sulfonamides is 1. The van der Waals surface area contributed by atoms with Gasteiger partial charge in [0.1, 0.15) is 6.04 Å². The molecule has 1 aromatic heterocycles. The fraction of sp³-hybridized carbons (Fsp3) is 0.238. The van der Waals surface area contributed by atoms with E-state index in [1.165, 1.54) is 4.31 Å². The molecule has 1 atom stereocenters. The zero-order chi connectivity index (χ0) is 20.9. The number of anilines is 1. The molecule has 29 heavy (non-hydrogen) atoms. The molecule has 0 aliphatic heterocycles. The molecule has 0 radical (unpaired) electrons. The predicted molar refractivity (Wildman–Crippen MR) is 113 cm³/mol. The van der Waals surface area contributed by atoms with Crippen molar-refractivity contribution in [3.05, 3.63) is 78.9 Å². The fourth-order valence-corrected chi connectivity index (χ4v) is 4.46. The Morgan fingerprint density at radius 3 is 2.45 bits per heavy atom. The summed E-state index contributed by atoms with van der Waals surface area (Å²) < 4.78 is 28.0. The summed E-state index contributed by atoms with van der Waals surface area (Å²) in [5.74, 6) is -0.345. The van der Waals surface area contributed by atoms with Gasteiger partial charge in [0.15, 0.2) is 0 Å². The Bertz CT molecular complexity index is 1050. The molecular formula is C21H24N4O3S. The number of nitrogens with one attached hydrogen (secondary N) is 1. The molecule has 0 unspecified atom stereocenters. The van der Waals surface area contributed by atoms with Crippen LogP contribution in [0.25, 0.3) is 5.69 Å². The molecule has 1 N–H and O–H groups in total. The average molecular weight is 413 g/mol. The maximum absolute atomic E-state index is 13.0. The first kappa shape index (κ1) is 20.6. The summed E-state index contributed by atoms with van der Waals surface area (Å²) in [4.78, 5) is 17.0. The quantitative estimate of drug-likeness (QED) is 0.617. The van der Waals surface area contributed by atoms with Crippen LogP contribution in [0.4, 0.5) is 5.69 Å². The van der Waals surface area contributed by atoms with Gasteiger partial charge in [-0.05, 0) is 30.2 Å². The second-order valence-corrected chi connectivity index (χ2v) is 8.49. The van der Waals surface area contributed by atoms with Crippen LogP contribution in [0.5, 0.6) is 0 Å². The van der Waals surface area contributed by atoms with Gasteiger partial charge in [0.05, 0.1) is 24.0 Å². The van der Waals surface area contributed by atoms with Crippen molar-refractivity contribution in [3.8, 4) is 5.69 Å². The molecule has 8 heteroatoms. The van der Waals surface area contributed by atoms with Crippen molar-refractivity contribution in [2.75, 3.05) is 10.6 Å². The van der Waals surface area contributed by atoms with Gasteiger partial charge < -0.3 is 9.88 Å². The van der Waals surface area contributed by atoms with Crippen LogP contribution in [0, 0.1) is 0 Å². The highest BCUT2D eigenvalue weighted by atomic mass is 32.2. The van der Waals surface area contributed by atoms with Crippen LogP contribution in [-0.2, 0) is 21.4 Å². The maximum Gasteiger partial charge on any atom is 0.244 e. The van der Waals surface area contributed by atoms with Crippen molar-refractivity contribution in [2.24, 2.45) is 0 Å². The Labute approximate surface area is 171 Å². The fourth-order valence-electron chi connectivity index (χ4n) is 3.25. The molecule has 152 valence electrons. The van der Waals surface area contributed by atoms with Crippen molar-refractivity contribution in [1.29, 1.82) is 0 Å². The van der Waals surface area contributed by atoms with Crippen LogP contribution in [-0.4, -0.2) is 36.2 Å². The van der Waals surface area contributed by atoms with E-state index in [0.29, 0.717) is 12.1 Å². The van der Waals surface area contributed by atoms with Gasteiger partial charge in [-0.1, -0.05) is 43.3 Å². The highest BCUT2D eigenvalue weighted by Crippen LogP contribution is 2.22. The molecule has 3 rings (SSSR count). The van der Waals surface area contributed by atoms with E-state index in [1.54, 1.807) is 49.8 Å². The number of rotatable bonds is 8. The molecule has 0 saturated carbocycles. The minimum absolute atomic E-state index is 0.274. The molecule has 1 heterocycles. The van der Waals surface area contributed by atoms with E-state index in [4.69, 9.17) is 0 Å². The van der Waals surface area contributed by atoms with Crippen LogP contribution in [0.15, 0.2) is 73.3 Å². The molecule has 0 fully saturated rings. The lowest BCUT2D eigenvalue weighted by molar-refractivity contribution is -0.122. The van der Waals surface area contributed by atoms with Gasteiger partial charge in [-0.15, -0.1) is 0 Å². The molecule has 0 aliphatic rings. The normalized spacial score (nSPS) is 12.3. The van der Waals surface area contributed by atoms with Gasteiger partial charge in [-0.2, -0.15) is 0 Å². The highest BCUT2D eigenvalue weighted by Gasteiger charge is 2.31. The number of para-hydroxylation sites is 2. The zero-order valence-corrected chi connectivity index (χ0v) is 17.2. The van der Waals surface area contributed by atoms with Crippen molar-refractivity contribution in [3.63, 3.8) is 0 Å². The largest absolute Gasteiger partial charge is 0.350 e. The average Bonchev–Trinajstić information content (AvgIpc) is 3.24. The monoisotopic (exact) mass is 412 g/mol. The van der Waals surface area contributed by atoms with Crippen LogP contribution in [0.2, 0.25) is 0 Å². The summed E-state index contributed by atoms with van der Waals surface area (Å²) in [5, 5.41) is 2.90. The highest BCUT2D eigenvalue weighted by molar-refractivity contribution is 7.92. The standard InChI is InChI=1S/C21H24N4O3S/c1-3-19(25(29(2,27)28)18-10-5-4-6-11-18)21(26)23-15-17-9-7-8-12-20(17)24-14-13-22-16-24/h4-14,16,19H,3,15H2,1-2H3,(H,23,26)/t19-/m1/s1. The summed E-state index contributed by atoms with van der Waals surface area (Å²) >= 11 is 0. The number of imidazole rings is 1. The van der Waals surface area contributed by atoms with Crippen LogP contribution < -0.4 is 9.62 Å². The smallest absolute Gasteiger partial charge is 0.244 e. The molecule has 0 saturated heterocycles. The zero-order valence-electron chi connectivity index (χ0n) is 16.4. The van der Waals surface area contributed by atoms with E-state index in [2.05, 4.69) is 10.3 Å². The predicted octanol–water partition coefficient (Wildman–Crippen LogP) is 2.73. The molecule has 3 aromatic rings. The summed E-state index contributed by atoms with van der Waals surface area (Å²) in [6, 6.07) is 15.5. The van der Waals surface area contributed by atoms with Gasteiger partial charge in [-0.3, -0.25) is 9.10 Å². The number of benzene rings is 2. The molecule has 2 aromatic carbocycles. The van der Waals surface area contributed by atoms with Crippen LogP contribution in [0.1, 0.15) is 18.9 Å². The third-order valence-electron chi connectivity index (χ3n) is 4.57. The van der Waals surface area contributed by atoms with Gasteiger partial charge in [0, 0.05) is 18.9 Å². The summed E-state index contributed by atoms with van der Waals surface area (Å²) in [6.07, 6.45) is 6.67. The molecule has 0 aliphatic carbocycles. The Morgan fingerprint density at radius 2 is 1.83 bits per heavy atom. The van der Waals surface area contributed by atoms with Crippen molar-refractivity contribution < 1.29 is 13.2 Å². The third kappa shape index (κ3) is 4.83. The Balaban J connectivity index is 1.82. The number of carbonyl (C=O) groups is 1. The first-order chi connectivity index (χ1) is 13.9. The number of amides is 1. The lowest BCUT2D eigenvalue weighted by Crippen LogP contribution is -2.49. The van der Waals surface area contributed by atoms with Crippen molar-refractivity contribution >= 4 is 21.6 Å². The third-order valence-corrected chi connectivity index (χ3v) is 5.75. The number of nitrogens with zero attached hydrogens (tertiary/aromatic N) is 3. The summed E-state index contributed by atoms with van der Waals surface area (Å²) in [6.45, 7) is 2.07. The van der Waals surface area contributed by atoms with E-state index < -0.39 is 16.1 Å². The Hall–Kier alpha value is -3.13. The number of hydrogen-bond acceptors (Lipinski definition) is 4. The maximum atomic E-state index is 13.0. The lowest BCUT2D eigenvalue weighted by atomic mass is 10.1. The first-order valence-corrected chi connectivity index (χ1v) is 11.1. The molecule has 0 bridgehead atoms. The molecule has 1 amide bonds. The van der Waals surface area contributed by atoms with Gasteiger partial charge >= 0.3 is 0 Å². The minimum atomic E-state index is -3.64. The van der Waals surface area contributed by atoms with E-state index in [9.17, 15) is 13.2 Å². The van der Waals surface area contributed by atoms with Crippen LogP contribution >= 0.6 is 0 Å². The number of carbonyl (C=O) groups excluding carboxylic acids is 1. The Morgan fingerprint density at radius 1 is 1.14 bits per heavy atom. The van der Waals surface area contributed by atoms with Gasteiger partial charge in [0.25, 0.3) is 0 Å². The van der Waals surface area contributed by atoms with Crippen molar-refractivity contribution in [2.45, 2.75) is 25.9 Å². The summed E-state index contributed by atoms with van der Waals surface area (Å²) in [7, 11) is -3.64. The molecular weight excluding hydrogens is 388 g/mol. The SMILES string of the molecule is CC[C@H](C(=O)NCc1ccccc1-n1ccnc1)N(c1ccccc1)S(C)(=O)=O. The van der Waals surface area contributed by atoms with E-state index in [-0.39, 0.29) is 12.5 Å². The second kappa shape index (κ2) is 8.91. The van der Waals surface area contributed by atoms with E-state index >= 15 is 0 Å². The molecule has 0 spiro atoms. The Kier molecular flexibility index (Phi) is 6.33. The number of hydrogen-bond donors (Lipinski definition) is 1. The summed E-state index contributed by atoms with van der Waals surface area (Å²) in [5.41, 5.74) is 2.27. The topological polar surface area (TPSA) is 84.3 Å². The van der Waals surface area contributed by atoms with Gasteiger partial charge in [-0.25, -0.2) is 13.4 Å². The van der Waals surface area contributed by atoms with E-state index in [0.717, 1.165) is 17.5 Å². The molecule has 7 nitrogen and oxygen atoms in total. The lowest BCUT2D eigenvalue weighted by Gasteiger charge is -2.30. The minimum Gasteiger partial charge on any atom is -0.350 e. The second-order valence-electron chi connectivity index (χ2n) is 6.63. The van der Waals surface area contributed by atoms with Gasteiger partial charge in [0.2, 0.25) is 15.9 Å². The van der Waals surface area contributed by atoms with Crippen LogP contribution in [0.3, 0.4) is 0 Å². The van der Waals surface area contributed by atoms with E-state index in [1.807, 2.05) is 35.0 Å². The van der Waals surface area contributed by atoms with Crippen molar-refractivity contribution in [1.82, 2.24) is 14.9 Å². The first-order valence-electron chi connectivity index (χ1n) is 9.30. The number of aromatic nitrogens is 2.